The minimum atomic E-state index is -3.89. The number of piperazine rings is 1. The van der Waals surface area contributed by atoms with E-state index in [9.17, 15) is 18.0 Å². The molecule has 1 saturated heterocycles. The Kier molecular flexibility index (Phi) is 6.73. The Hall–Kier alpha value is -2.91. The standard InChI is InChI=1S/C21H25N3O5S/c1-16-14-17(21(26)29-2)8-9-19(16)30(27,28)22-15-20(25)24-12-10-23(11-13-24)18-6-4-3-5-7-18/h3-9,14,22H,10-13,15H2,1-2H3. The molecule has 1 aliphatic heterocycles. The largest absolute Gasteiger partial charge is 0.465 e. The molecule has 3 rings (SSSR count). The molecule has 1 N–H and O–H groups in total. The number of hydrogen-bond donors (Lipinski definition) is 1. The number of aryl methyl sites for hydroxylation is 1. The fraction of sp³-hybridized carbons (Fsp3) is 0.333. The number of nitrogens with one attached hydrogen (secondary N) is 1. The summed E-state index contributed by atoms with van der Waals surface area (Å²) in [5.41, 5.74) is 1.77. The van der Waals surface area contributed by atoms with E-state index in [1.165, 1.54) is 25.3 Å². The minimum absolute atomic E-state index is 0.0249. The Morgan fingerprint density at radius 3 is 2.30 bits per heavy atom. The number of esters is 1. The number of amides is 1. The average Bonchev–Trinajstić information content (AvgIpc) is 2.77. The van der Waals surface area contributed by atoms with E-state index in [1.54, 1.807) is 11.8 Å². The monoisotopic (exact) mass is 431 g/mol. The molecule has 9 heteroatoms. The highest BCUT2D eigenvalue weighted by Gasteiger charge is 2.24. The average molecular weight is 432 g/mol. The van der Waals surface area contributed by atoms with Crippen LogP contribution in [-0.2, 0) is 19.6 Å². The fourth-order valence-electron chi connectivity index (χ4n) is 3.39. The Labute approximate surface area is 176 Å². The van der Waals surface area contributed by atoms with E-state index in [0.717, 1.165) is 5.69 Å². The van der Waals surface area contributed by atoms with Gasteiger partial charge in [-0.1, -0.05) is 18.2 Å². The summed E-state index contributed by atoms with van der Waals surface area (Å²) in [6.07, 6.45) is 0. The summed E-state index contributed by atoms with van der Waals surface area (Å²) in [5.74, 6) is -0.810. The smallest absolute Gasteiger partial charge is 0.337 e. The van der Waals surface area contributed by atoms with Crippen LogP contribution in [0.3, 0.4) is 0 Å². The normalized spacial score (nSPS) is 14.5. The molecular weight excluding hydrogens is 406 g/mol. The topological polar surface area (TPSA) is 96.0 Å². The minimum Gasteiger partial charge on any atom is -0.465 e. The van der Waals surface area contributed by atoms with Crippen molar-refractivity contribution in [3.63, 3.8) is 0 Å². The third-order valence-electron chi connectivity index (χ3n) is 5.05. The van der Waals surface area contributed by atoms with Crippen molar-refractivity contribution in [1.82, 2.24) is 9.62 Å². The van der Waals surface area contributed by atoms with Crippen molar-refractivity contribution in [3.05, 3.63) is 59.7 Å². The molecule has 1 fully saturated rings. The highest BCUT2D eigenvalue weighted by atomic mass is 32.2. The first-order valence-electron chi connectivity index (χ1n) is 9.58. The highest BCUT2D eigenvalue weighted by Crippen LogP contribution is 2.18. The van der Waals surface area contributed by atoms with Gasteiger partial charge in [0.2, 0.25) is 15.9 Å². The predicted octanol–water partition coefficient (Wildman–Crippen LogP) is 1.41. The maximum Gasteiger partial charge on any atom is 0.337 e. The first-order valence-corrected chi connectivity index (χ1v) is 11.1. The van der Waals surface area contributed by atoms with Gasteiger partial charge in [0, 0.05) is 31.9 Å². The third kappa shape index (κ3) is 4.98. The number of para-hydroxylation sites is 1. The number of sulfonamides is 1. The summed E-state index contributed by atoms with van der Waals surface area (Å²) >= 11 is 0. The molecule has 1 aliphatic rings. The number of carbonyl (C=O) groups is 2. The van der Waals surface area contributed by atoms with Crippen LogP contribution in [0.2, 0.25) is 0 Å². The van der Waals surface area contributed by atoms with Gasteiger partial charge >= 0.3 is 5.97 Å². The summed E-state index contributed by atoms with van der Waals surface area (Å²) in [7, 11) is -2.63. The Balaban J connectivity index is 1.57. The van der Waals surface area contributed by atoms with Crippen LogP contribution >= 0.6 is 0 Å². The van der Waals surface area contributed by atoms with Crippen LogP contribution in [0.15, 0.2) is 53.4 Å². The van der Waals surface area contributed by atoms with Crippen LogP contribution in [0.1, 0.15) is 15.9 Å². The molecular formula is C21H25N3O5S. The number of benzene rings is 2. The summed E-state index contributed by atoms with van der Waals surface area (Å²) in [6, 6.07) is 14.1. The van der Waals surface area contributed by atoms with Gasteiger partial charge in [-0.2, -0.15) is 0 Å². The van der Waals surface area contributed by atoms with Crippen molar-refractivity contribution in [2.75, 3.05) is 44.7 Å². The van der Waals surface area contributed by atoms with Crippen molar-refractivity contribution < 1.29 is 22.7 Å². The Bertz CT molecular complexity index is 1020. The molecule has 0 unspecified atom stereocenters. The maximum atomic E-state index is 12.6. The quantitative estimate of drug-likeness (QED) is 0.695. The van der Waals surface area contributed by atoms with Gasteiger partial charge in [-0.15, -0.1) is 0 Å². The fourth-order valence-corrected chi connectivity index (χ4v) is 4.59. The van der Waals surface area contributed by atoms with Crippen LogP contribution < -0.4 is 9.62 Å². The lowest BCUT2D eigenvalue weighted by Crippen LogP contribution is -2.51. The number of nitrogens with zero attached hydrogens (tertiary/aromatic N) is 2. The number of methoxy groups -OCH3 is 1. The summed E-state index contributed by atoms with van der Waals surface area (Å²) in [5, 5.41) is 0. The maximum absolute atomic E-state index is 12.6. The molecule has 2 aromatic carbocycles. The molecule has 0 radical (unpaired) electrons. The van der Waals surface area contributed by atoms with Gasteiger partial charge in [-0.05, 0) is 42.8 Å². The van der Waals surface area contributed by atoms with E-state index in [0.29, 0.717) is 31.7 Å². The molecule has 160 valence electrons. The third-order valence-corrected chi connectivity index (χ3v) is 6.61. The molecule has 0 atom stereocenters. The van der Waals surface area contributed by atoms with E-state index >= 15 is 0 Å². The lowest BCUT2D eigenvalue weighted by Gasteiger charge is -2.36. The van der Waals surface area contributed by atoms with Gasteiger partial charge in [-0.25, -0.2) is 17.9 Å². The van der Waals surface area contributed by atoms with E-state index in [1.807, 2.05) is 30.3 Å². The molecule has 0 saturated carbocycles. The zero-order valence-electron chi connectivity index (χ0n) is 17.0. The summed E-state index contributed by atoms with van der Waals surface area (Å²) in [4.78, 5) is 28.0. The molecule has 2 aromatic rings. The number of rotatable bonds is 6. The molecule has 0 spiro atoms. The van der Waals surface area contributed by atoms with E-state index in [2.05, 4.69) is 14.4 Å². The molecule has 0 aromatic heterocycles. The van der Waals surface area contributed by atoms with Crippen molar-refractivity contribution in [1.29, 1.82) is 0 Å². The first-order chi connectivity index (χ1) is 14.3. The second kappa shape index (κ2) is 9.27. The lowest BCUT2D eigenvalue weighted by atomic mass is 10.1. The second-order valence-corrected chi connectivity index (χ2v) is 8.74. The van der Waals surface area contributed by atoms with E-state index in [-0.39, 0.29) is 22.9 Å². The second-order valence-electron chi connectivity index (χ2n) is 7.00. The number of carbonyl (C=O) groups excluding carboxylic acids is 2. The number of anilines is 1. The van der Waals surface area contributed by atoms with Crippen molar-refractivity contribution in [3.8, 4) is 0 Å². The highest BCUT2D eigenvalue weighted by molar-refractivity contribution is 7.89. The summed E-state index contributed by atoms with van der Waals surface area (Å²) < 4.78 is 32.3. The predicted molar refractivity (Wildman–Crippen MR) is 113 cm³/mol. The molecule has 0 bridgehead atoms. The van der Waals surface area contributed by atoms with Gasteiger partial charge in [-0.3, -0.25) is 4.79 Å². The van der Waals surface area contributed by atoms with E-state index < -0.39 is 16.0 Å². The van der Waals surface area contributed by atoms with Gasteiger partial charge in [0.25, 0.3) is 0 Å². The van der Waals surface area contributed by atoms with Crippen LogP contribution in [0.5, 0.6) is 0 Å². The SMILES string of the molecule is COC(=O)c1ccc(S(=O)(=O)NCC(=O)N2CCN(c3ccccc3)CC2)c(C)c1. The number of ether oxygens (including phenoxy) is 1. The Morgan fingerprint density at radius 1 is 1.03 bits per heavy atom. The first kappa shape index (κ1) is 21.8. The van der Waals surface area contributed by atoms with Crippen molar-refractivity contribution in [2.24, 2.45) is 0 Å². The zero-order valence-corrected chi connectivity index (χ0v) is 17.8. The van der Waals surface area contributed by atoms with Crippen LogP contribution in [0, 0.1) is 6.92 Å². The van der Waals surface area contributed by atoms with Gasteiger partial charge < -0.3 is 14.5 Å². The van der Waals surface area contributed by atoms with Crippen LogP contribution in [-0.4, -0.2) is 65.0 Å². The van der Waals surface area contributed by atoms with Crippen molar-refractivity contribution >= 4 is 27.6 Å². The zero-order chi connectivity index (χ0) is 21.7. The number of hydrogen-bond acceptors (Lipinski definition) is 6. The van der Waals surface area contributed by atoms with Crippen LogP contribution in [0.4, 0.5) is 5.69 Å². The molecule has 1 heterocycles. The lowest BCUT2D eigenvalue weighted by molar-refractivity contribution is -0.130. The summed E-state index contributed by atoms with van der Waals surface area (Å²) in [6.45, 7) is 3.72. The Morgan fingerprint density at radius 2 is 1.70 bits per heavy atom. The van der Waals surface area contributed by atoms with Gasteiger partial charge in [0.15, 0.2) is 0 Å². The van der Waals surface area contributed by atoms with E-state index in [4.69, 9.17) is 0 Å². The van der Waals surface area contributed by atoms with Crippen LogP contribution in [0.25, 0.3) is 0 Å². The van der Waals surface area contributed by atoms with Crippen molar-refractivity contribution in [2.45, 2.75) is 11.8 Å². The van der Waals surface area contributed by atoms with Gasteiger partial charge in [0.05, 0.1) is 24.1 Å². The molecule has 8 nitrogen and oxygen atoms in total. The molecule has 30 heavy (non-hydrogen) atoms. The molecule has 0 aliphatic carbocycles. The van der Waals surface area contributed by atoms with Gasteiger partial charge in [0.1, 0.15) is 0 Å². The molecule has 1 amide bonds.